The maximum absolute atomic E-state index is 13.3. The zero-order chi connectivity index (χ0) is 13.5. The predicted octanol–water partition coefficient (Wildman–Crippen LogP) is 1.24. The molecular weight excluding hydrogens is 239 g/mol. The molecule has 0 saturated carbocycles. The zero-order valence-electron chi connectivity index (χ0n) is 9.57. The summed E-state index contributed by atoms with van der Waals surface area (Å²) >= 11 is 0. The second-order valence-corrected chi connectivity index (χ2v) is 3.47. The lowest BCUT2D eigenvalue weighted by Crippen LogP contribution is -2.28. The summed E-state index contributed by atoms with van der Waals surface area (Å²) in [5.74, 6) is -2.33. The number of carbonyl (C=O) groups excluding carboxylic acids is 1. The van der Waals surface area contributed by atoms with Crippen LogP contribution in [0.15, 0.2) is 30.9 Å². The number of rotatable bonds is 6. The van der Waals surface area contributed by atoms with E-state index in [1.165, 1.54) is 0 Å². The number of benzene rings is 1. The summed E-state index contributed by atoms with van der Waals surface area (Å²) in [7, 11) is 0. The Bertz CT molecular complexity index is 474. The van der Waals surface area contributed by atoms with Crippen molar-refractivity contribution >= 4 is 17.6 Å². The van der Waals surface area contributed by atoms with Crippen LogP contribution in [0.25, 0.3) is 0 Å². The van der Waals surface area contributed by atoms with Gasteiger partial charge < -0.3 is 15.7 Å². The largest absolute Gasteiger partial charge is 0.478 e. The second kappa shape index (κ2) is 6.51. The number of amides is 1. The van der Waals surface area contributed by atoms with Gasteiger partial charge in [-0.3, -0.25) is 4.79 Å². The summed E-state index contributed by atoms with van der Waals surface area (Å²) in [5.41, 5.74) is -0.244. The number of aromatic carboxylic acids is 1. The number of hydrogen-bond acceptors (Lipinski definition) is 3. The molecule has 1 amide bonds. The quantitative estimate of drug-likeness (QED) is 0.525. The van der Waals surface area contributed by atoms with Gasteiger partial charge in [0.25, 0.3) is 0 Å². The van der Waals surface area contributed by atoms with Crippen LogP contribution in [0.4, 0.5) is 10.1 Å². The Labute approximate surface area is 103 Å². The molecule has 0 aliphatic rings. The Kier molecular flexibility index (Phi) is 5.01. The first-order valence-electron chi connectivity index (χ1n) is 5.19. The van der Waals surface area contributed by atoms with Gasteiger partial charge in [0.2, 0.25) is 5.91 Å². The van der Waals surface area contributed by atoms with Crippen LogP contribution < -0.4 is 10.6 Å². The summed E-state index contributed by atoms with van der Waals surface area (Å²) in [6.45, 7) is 3.91. The molecule has 0 radical (unpaired) electrons. The van der Waals surface area contributed by atoms with Crippen molar-refractivity contribution in [1.82, 2.24) is 5.32 Å². The standard InChI is InChI=1S/C12H13FN2O3/c1-2-5-14-7-11(16)15-10-6-8(12(17)18)3-4-9(10)13/h2-4,6,14H,1,5,7H2,(H,15,16)(H,17,18). The van der Waals surface area contributed by atoms with Crippen molar-refractivity contribution in [3.63, 3.8) is 0 Å². The van der Waals surface area contributed by atoms with Crippen LogP contribution in [-0.4, -0.2) is 30.1 Å². The van der Waals surface area contributed by atoms with Gasteiger partial charge >= 0.3 is 5.97 Å². The molecule has 0 bridgehead atoms. The summed E-state index contributed by atoms with van der Waals surface area (Å²) in [5, 5.41) is 13.8. The summed E-state index contributed by atoms with van der Waals surface area (Å²) in [4.78, 5) is 22.1. The average Bonchev–Trinajstić information content (AvgIpc) is 2.32. The van der Waals surface area contributed by atoms with Crippen molar-refractivity contribution in [3.05, 3.63) is 42.2 Å². The van der Waals surface area contributed by atoms with Gasteiger partial charge in [-0.15, -0.1) is 6.58 Å². The van der Waals surface area contributed by atoms with Crippen molar-refractivity contribution in [2.45, 2.75) is 0 Å². The molecule has 0 aliphatic carbocycles. The molecule has 96 valence electrons. The zero-order valence-corrected chi connectivity index (χ0v) is 9.57. The van der Waals surface area contributed by atoms with Gasteiger partial charge in [0.05, 0.1) is 17.8 Å². The fraction of sp³-hybridized carbons (Fsp3) is 0.167. The van der Waals surface area contributed by atoms with Crippen LogP contribution >= 0.6 is 0 Å². The van der Waals surface area contributed by atoms with Crippen molar-refractivity contribution in [3.8, 4) is 0 Å². The molecule has 0 unspecified atom stereocenters. The monoisotopic (exact) mass is 252 g/mol. The lowest BCUT2D eigenvalue weighted by atomic mass is 10.2. The topological polar surface area (TPSA) is 78.4 Å². The molecular formula is C12H13FN2O3. The number of nitrogens with one attached hydrogen (secondary N) is 2. The van der Waals surface area contributed by atoms with Gasteiger partial charge in [-0.1, -0.05) is 6.08 Å². The molecule has 1 aromatic carbocycles. The van der Waals surface area contributed by atoms with E-state index in [4.69, 9.17) is 5.11 Å². The van der Waals surface area contributed by atoms with Gasteiger partial charge in [-0.25, -0.2) is 9.18 Å². The molecule has 0 saturated heterocycles. The molecule has 5 nitrogen and oxygen atoms in total. The normalized spacial score (nSPS) is 9.83. The van der Waals surface area contributed by atoms with Crippen LogP contribution in [0.2, 0.25) is 0 Å². The third kappa shape index (κ3) is 3.99. The van der Waals surface area contributed by atoms with Crippen molar-refractivity contribution in [2.24, 2.45) is 0 Å². The molecule has 0 atom stereocenters. The fourth-order valence-electron chi connectivity index (χ4n) is 1.24. The first-order valence-corrected chi connectivity index (χ1v) is 5.19. The van der Waals surface area contributed by atoms with Crippen molar-refractivity contribution in [1.29, 1.82) is 0 Å². The third-order valence-electron chi connectivity index (χ3n) is 2.06. The maximum atomic E-state index is 13.3. The van der Waals surface area contributed by atoms with Crippen molar-refractivity contribution < 1.29 is 19.1 Å². The summed E-state index contributed by atoms with van der Waals surface area (Å²) in [6.07, 6.45) is 1.58. The number of carboxylic acids is 1. The number of carboxylic acid groups (broad SMARTS) is 1. The molecule has 0 heterocycles. The Morgan fingerprint density at radius 1 is 1.44 bits per heavy atom. The highest BCUT2D eigenvalue weighted by atomic mass is 19.1. The smallest absolute Gasteiger partial charge is 0.335 e. The molecule has 6 heteroatoms. The second-order valence-electron chi connectivity index (χ2n) is 3.47. The average molecular weight is 252 g/mol. The number of carbonyl (C=O) groups is 2. The van der Waals surface area contributed by atoms with E-state index in [1.54, 1.807) is 6.08 Å². The Hall–Kier alpha value is -2.21. The minimum absolute atomic E-state index is 0.0112. The van der Waals surface area contributed by atoms with E-state index >= 15 is 0 Å². The highest BCUT2D eigenvalue weighted by Crippen LogP contribution is 2.16. The van der Waals surface area contributed by atoms with Gasteiger partial charge in [-0.2, -0.15) is 0 Å². The maximum Gasteiger partial charge on any atom is 0.335 e. The molecule has 1 rings (SSSR count). The highest BCUT2D eigenvalue weighted by Gasteiger charge is 2.10. The number of anilines is 1. The molecule has 0 spiro atoms. The van der Waals surface area contributed by atoms with E-state index in [9.17, 15) is 14.0 Å². The molecule has 0 aromatic heterocycles. The van der Waals surface area contributed by atoms with Gasteiger partial charge in [0.15, 0.2) is 0 Å². The predicted molar refractivity (Wildman–Crippen MR) is 65.1 cm³/mol. The number of hydrogen-bond donors (Lipinski definition) is 3. The minimum Gasteiger partial charge on any atom is -0.478 e. The minimum atomic E-state index is -1.18. The Morgan fingerprint density at radius 3 is 2.78 bits per heavy atom. The Morgan fingerprint density at radius 2 is 2.17 bits per heavy atom. The lowest BCUT2D eigenvalue weighted by Gasteiger charge is -2.07. The van der Waals surface area contributed by atoms with Crippen LogP contribution in [0.5, 0.6) is 0 Å². The van der Waals surface area contributed by atoms with Crippen LogP contribution in [0.3, 0.4) is 0 Å². The van der Waals surface area contributed by atoms with Gasteiger partial charge in [-0.05, 0) is 18.2 Å². The summed E-state index contributed by atoms with van der Waals surface area (Å²) < 4.78 is 13.3. The molecule has 18 heavy (non-hydrogen) atoms. The van der Waals surface area contributed by atoms with E-state index in [-0.39, 0.29) is 17.8 Å². The van der Waals surface area contributed by atoms with Gasteiger partial charge in [0.1, 0.15) is 5.82 Å². The SMILES string of the molecule is C=CCNCC(=O)Nc1cc(C(=O)O)ccc1F. The van der Waals surface area contributed by atoms with Crippen LogP contribution in [0, 0.1) is 5.82 Å². The van der Waals surface area contributed by atoms with E-state index in [1.807, 2.05) is 0 Å². The van der Waals surface area contributed by atoms with E-state index < -0.39 is 17.7 Å². The Balaban J connectivity index is 2.71. The first kappa shape index (κ1) is 13.9. The first-order chi connectivity index (χ1) is 8.54. The summed E-state index contributed by atoms with van der Waals surface area (Å²) in [6, 6.07) is 3.20. The van der Waals surface area contributed by atoms with E-state index in [0.717, 1.165) is 18.2 Å². The van der Waals surface area contributed by atoms with Crippen LogP contribution in [0.1, 0.15) is 10.4 Å². The van der Waals surface area contributed by atoms with E-state index in [0.29, 0.717) is 6.54 Å². The van der Waals surface area contributed by atoms with Crippen LogP contribution in [-0.2, 0) is 4.79 Å². The molecule has 0 aliphatic heterocycles. The number of halogens is 1. The molecule has 0 fully saturated rings. The molecule has 3 N–H and O–H groups in total. The fourth-order valence-corrected chi connectivity index (χ4v) is 1.24. The highest BCUT2D eigenvalue weighted by molar-refractivity contribution is 5.94. The molecule has 1 aromatic rings. The third-order valence-corrected chi connectivity index (χ3v) is 2.06. The van der Waals surface area contributed by atoms with E-state index in [2.05, 4.69) is 17.2 Å². The van der Waals surface area contributed by atoms with Gasteiger partial charge in [0, 0.05) is 6.54 Å². The van der Waals surface area contributed by atoms with Crippen molar-refractivity contribution in [2.75, 3.05) is 18.4 Å². The lowest BCUT2D eigenvalue weighted by molar-refractivity contribution is -0.115.